The summed E-state index contributed by atoms with van der Waals surface area (Å²) >= 11 is 18.9. The van der Waals surface area contributed by atoms with Crippen molar-refractivity contribution in [1.29, 1.82) is 0 Å². The van der Waals surface area contributed by atoms with Crippen LogP contribution < -0.4 is 10.2 Å². The lowest BCUT2D eigenvalue weighted by Gasteiger charge is -2.54. The van der Waals surface area contributed by atoms with E-state index in [-0.39, 0.29) is 18.0 Å². The van der Waals surface area contributed by atoms with Crippen LogP contribution in [-0.2, 0) is 4.79 Å². The summed E-state index contributed by atoms with van der Waals surface area (Å²) in [6, 6.07) is 5.27. The second-order valence-corrected chi connectivity index (χ2v) is 10.1. The maximum absolute atomic E-state index is 11.1. The van der Waals surface area contributed by atoms with Gasteiger partial charge in [-0.3, -0.25) is 9.69 Å². The molecule has 2 aromatic rings. The van der Waals surface area contributed by atoms with Gasteiger partial charge >= 0.3 is 5.97 Å². The van der Waals surface area contributed by atoms with Crippen LogP contribution in [0.1, 0.15) is 37.1 Å². The van der Waals surface area contributed by atoms with E-state index in [9.17, 15) is 4.79 Å². The van der Waals surface area contributed by atoms with Gasteiger partial charge in [-0.2, -0.15) is 4.98 Å². The molecule has 0 radical (unpaired) electrons. The lowest BCUT2D eigenvalue weighted by molar-refractivity contribution is -0.139. The minimum atomic E-state index is -0.777. The van der Waals surface area contributed by atoms with Gasteiger partial charge in [0.05, 0.1) is 18.3 Å². The van der Waals surface area contributed by atoms with Crippen molar-refractivity contribution in [2.75, 3.05) is 42.9 Å². The third-order valence-electron chi connectivity index (χ3n) is 6.22. The summed E-state index contributed by atoms with van der Waals surface area (Å²) in [7, 11) is 0. The number of aliphatic carboxylic acids is 1. The Morgan fingerprint density at radius 1 is 1.25 bits per heavy atom. The van der Waals surface area contributed by atoms with Crippen LogP contribution in [-0.4, -0.2) is 58.7 Å². The highest BCUT2D eigenvalue weighted by Gasteiger charge is 2.47. The van der Waals surface area contributed by atoms with Crippen LogP contribution in [0.5, 0.6) is 0 Å². The summed E-state index contributed by atoms with van der Waals surface area (Å²) in [5.74, 6) is 0.412. The Morgan fingerprint density at radius 3 is 2.69 bits per heavy atom. The minimum absolute atomic E-state index is 0.0948. The fourth-order valence-corrected chi connectivity index (χ4v) is 5.43. The molecule has 2 fully saturated rings. The number of carboxylic acids is 1. The Bertz CT molecular complexity index is 1030. The fourth-order valence-electron chi connectivity index (χ4n) is 4.72. The Labute approximate surface area is 202 Å². The summed E-state index contributed by atoms with van der Waals surface area (Å²) in [5.41, 5.74) is 1.70. The molecule has 2 aliphatic rings. The normalized spacial score (nSPS) is 19.0. The van der Waals surface area contributed by atoms with E-state index in [1.54, 1.807) is 12.1 Å². The van der Waals surface area contributed by atoms with Crippen LogP contribution >= 0.6 is 34.8 Å². The van der Waals surface area contributed by atoms with E-state index in [1.807, 2.05) is 24.8 Å². The van der Waals surface area contributed by atoms with Crippen molar-refractivity contribution in [3.05, 3.63) is 44.5 Å². The molecule has 1 spiro atoms. The Balaban J connectivity index is 1.48. The van der Waals surface area contributed by atoms with Crippen molar-refractivity contribution in [3.63, 3.8) is 0 Å². The zero-order chi connectivity index (χ0) is 23.0. The van der Waals surface area contributed by atoms with Gasteiger partial charge in [-0.05, 0) is 50.9 Å². The highest BCUT2D eigenvalue weighted by atomic mass is 35.5. The number of hydrogen-bond acceptors (Lipinski definition) is 6. The van der Waals surface area contributed by atoms with E-state index in [0.717, 1.165) is 44.6 Å². The number of halogens is 3. The summed E-state index contributed by atoms with van der Waals surface area (Å²) in [6.45, 7) is 7.19. The molecule has 7 nitrogen and oxygen atoms in total. The number of hydrogen-bond donors (Lipinski definition) is 2. The number of carboxylic acid groups (broad SMARTS) is 1. The summed E-state index contributed by atoms with van der Waals surface area (Å²) in [4.78, 5) is 24.6. The first-order chi connectivity index (χ1) is 15.2. The molecule has 0 amide bonds. The van der Waals surface area contributed by atoms with Crippen molar-refractivity contribution >= 4 is 52.5 Å². The number of nitrogens with one attached hydrogen (secondary N) is 1. The Morgan fingerprint density at radius 2 is 2.00 bits per heavy atom. The van der Waals surface area contributed by atoms with Crippen LogP contribution in [0, 0.1) is 12.3 Å². The Kier molecular flexibility index (Phi) is 6.73. The van der Waals surface area contributed by atoms with Crippen LogP contribution in [0.15, 0.2) is 18.2 Å². The minimum Gasteiger partial charge on any atom is -0.480 e. The highest BCUT2D eigenvalue weighted by Crippen LogP contribution is 2.41. The predicted octanol–water partition coefficient (Wildman–Crippen LogP) is 4.91. The van der Waals surface area contributed by atoms with Crippen molar-refractivity contribution in [3.8, 4) is 0 Å². The fraction of sp³-hybridized carbons (Fsp3) is 0.500. The number of likely N-dealkylation sites (tertiary alicyclic amines) is 1. The third kappa shape index (κ3) is 4.91. The molecule has 0 unspecified atom stereocenters. The number of piperidine rings is 1. The van der Waals surface area contributed by atoms with E-state index in [2.05, 4.69) is 15.2 Å². The van der Waals surface area contributed by atoms with Crippen LogP contribution in [0.3, 0.4) is 0 Å². The largest absolute Gasteiger partial charge is 0.480 e. The number of aromatic nitrogens is 2. The average molecular weight is 499 g/mol. The molecule has 1 atom stereocenters. The summed E-state index contributed by atoms with van der Waals surface area (Å²) in [5, 5.41) is 14.1. The van der Waals surface area contributed by atoms with E-state index >= 15 is 0 Å². The molecule has 0 aliphatic carbocycles. The molecule has 0 bridgehead atoms. The van der Waals surface area contributed by atoms with Crippen LogP contribution in [0.2, 0.25) is 15.1 Å². The first-order valence-corrected chi connectivity index (χ1v) is 11.7. The van der Waals surface area contributed by atoms with Gasteiger partial charge < -0.3 is 15.3 Å². The molecule has 4 rings (SSSR count). The number of rotatable bonds is 6. The van der Waals surface area contributed by atoms with E-state index in [1.165, 1.54) is 0 Å². The average Bonchev–Trinajstić information content (AvgIpc) is 2.69. The second-order valence-electron chi connectivity index (χ2n) is 8.87. The van der Waals surface area contributed by atoms with Gasteiger partial charge in [0.1, 0.15) is 5.02 Å². The number of aryl methyl sites for hydroxylation is 1. The van der Waals surface area contributed by atoms with Gasteiger partial charge in [-0.25, -0.2) is 4.98 Å². The third-order valence-corrected chi connectivity index (χ3v) is 7.24. The van der Waals surface area contributed by atoms with E-state index < -0.39 is 5.97 Å². The molecule has 0 saturated carbocycles. The number of carbonyl (C=O) groups is 1. The van der Waals surface area contributed by atoms with E-state index in [0.29, 0.717) is 32.5 Å². The number of nitrogens with zero attached hydrogens (tertiary/aromatic N) is 4. The standard InChI is InChI=1S/C22H26Cl3N5O2/c1-13(16-5-4-15(23)8-17(16)24)26-20-19(25)14(2)27-21(28-20)30-11-22(12-30)6-3-7-29(10-22)9-18(31)32/h4-5,8,13H,3,6-7,9-12H2,1-2H3,(H,31,32)(H,26,27,28)/t13-/m1/s1. The lowest BCUT2D eigenvalue weighted by atomic mass is 9.73. The molecule has 32 heavy (non-hydrogen) atoms. The van der Waals surface area contributed by atoms with Crippen molar-refractivity contribution < 1.29 is 9.90 Å². The monoisotopic (exact) mass is 497 g/mol. The van der Waals surface area contributed by atoms with Crippen molar-refractivity contribution in [2.24, 2.45) is 5.41 Å². The molecule has 3 heterocycles. The second kappa shape index (κ2) is 9.21. The molecule has 1 aromatic carbocycles. The molecule has 2 N–H and O–H groups in total. The van der Waals surface area contributed by atoms with Gasteiger partial charge in [0.15, 0.2) is 5.82 Å². The lowest BCUT2D eigenvalue weighted by Crippen LogP contribution is -2.63. The maximum Gasteiger partial charge on any atom is 0.317 e. The highest BCUT2D eigenvalue weighted by molar-refractivity contribution is 6.35. The van der Waals surface area contributed by atoms with Gasteiger partial charge in [0.25, 0.3) is 0 Å². The quantitative estimate of drug-likeness (QED) is 0.586. The Hall–Kier alpha value is -1.80. The molecule has 1 aromatic heterocycles. The first-order valence-electron chi connectivity index (χ1n) is 10.6. The molecule has 172 valence electrons. The molecule has 10 heteroatoms. The molecular weight excluding hydrogens is 473 g/mol. The zero-order valence-corrected chi connectivity index (χ0v) is 20.3. The van der Waals surface area contributed by atoms with Gasteiger partial charge in [0.2, 0.25) is 5.95 Å². The molecule has 2 saturated heterocycles. The summed E-state index contributed by atoms with van der Waals surface area (Å²) < 4.78 is 0. The zero-order valence-electron chi connectivity index (χ0n) is 18.0. The SMILES string of the molecule is Cc1nc(N2CC3(CCCN(CC(=O)O)C3)C2)nc(N[C@H](C)c2ccc(Cl)cc2Cl)c1Cl. The first kappa shape index (κ1) is 23.4. The van der Waals surface area contributed by atoms with Crippen molar-refractivity contribution in [2.45, 2.75) is 32.7 Å². The van der Waals surface area contributed by atoms with Crippen LogP contribution in [0.4, 0.5) is 11.8 Å². The van der Waals surface area contributed by atoms with Gasteiger partial charge in [0, 0.05) is 35.1 Å². The number of anilines is 2. The predicted molar refractivity (Wildman–Crippen MR) is 128 cm³/mol. The number of benzene rings is 1. The topological polar surface area (TPSA) is 81.6 Å². The molecular formula is C22H26Cl3N5O2. The van der Waals surface area contributed by atoms with Crippen LogP contribution in [0.25, 0.3) is 0 Å². The molecule has 2 aliphatic heterocycles. The van der Waals surface area contributed by atoms with Gasteiger partial charge in [-0.1, -0.05) is 40.9 Å². The maximum atomic E-state index is 11.1. The van der Waals surface area contributed by atoms with E-state index in [4.69, 9.17) is 44.9 Å². The smallest absolute Gasteiger partial charge is 0.317 e. The van der Waals surface area contributed by atoms with Gasteiger partial charge in [-0.15, -0.1) is 0 Å². The summed E-state index contributed by atoms with van der Waals surface area (Å²) in [6.07, 6.45) is 2.09. The van der Waals surface area contributed by atoms with Crippen molar-refractivity contribution in [1.82, 2.24) is 14.9 Å².